The maximum Gasteiger partial charge on any atom is 0.416 e. The Hall–Kier alpha value is -1.98. The van der Waals surface area contributed by atoms with Crippen molar-refractivity contribution in [3.05, 3.63) is 41.2 Å². The molecule has 6 heteroatoms. The van der Waals surface area contributed by atoms with Gasteiger partial charge in [0.15, 0.2) is 12.0 Å². The lowest BCUT2D eigenvalue weighted by molar-refractivity contribution is -0.137. The number of unbranched alkanes of at least 4 members (excludes halogenated alkanes) is 2. The molecule has 0 aliphatic carbocycles. The average Bonchev–Trinajstić information content (AvgIpc) is 2.79. The highest BCUT2D eigenvalue weighted by atomic mass is 19.4. The molecule has 1 unspecified atom stereocenters. The lowest BCUT2D eigenvalue weighted by Crippen LogP contribution is -2.25. The maximum absolute atomic E-state index is 12.5. The Morgan fingerprint density at radius 1 is 1.23 bits per heavy atom. The smallest absolute Gasteiger partial charge is 0.416 e. The predicted octanol–water partition coefficient (Wildman–Crippen LogP) is 4.10. The van der Waals surface area contributed by atoms with Crippen molar-refractivity contribution in [1.29, 1.82) is 0 Å². The van der Waals surface area contributed by atoms with Gasteiger partial charge < -0.3 is 10.1 Å². The van der Waals surface area contributed by atoms with Crippen molar-refractivity contribution < 1.29 is 22.7 Å². The molecule has 0 bridgehead atoms. The molecule has 1 amide bonds. The number of rotatable bonds is 5. The molecule has 1 aromatic rings. The molecule has 1 atom stereocenters. The summed E-state index contributed by atoms with van der Waals surface area (Å²) in [6.07, 6.45) is 0.563. The van der Waals surface area contributed by atoms with Gasteiger partial charge in [-0.1, -0.05) is 31.9 Å². The Kier molecular flexibility index (Phi) is 5.11. The van der Waals surface area contributed by atoms with Crippen molar-refractivity contribution >= 4 is 12.0 Å². The van der Waals surface area contributed by atoms with E-state index in [-0.39, 0.29) is 17.9 Å². The summed E-state index contributed by atoms with van der Waals surface area (Å²) >= 11 is 0. The van der Waals surface area contributed by atoms with Gasteiger partial charge in [-0.15, -0.1) is 0 Å². The third-order valence-corrected chi connectivity index (χ3v) is 3.39. The summed E-state index contributed by atoms with van der Waals surface area (Å²) in [7, 11) is 0. The Bertz CT molecular complexity index is 550. The van der Waals surface area contributed by atoms with E-state index < -0.39 is 11.7 Å². The van der Waals surface area contributed by atoms with Crippen LogP contribution in [0.5, 0.6) is 0 Å². The molecule has 1 fully saturated rings. The molecular formula is C16H18F3NO2. The third-order valence-electron chi connectivity index (χ3n) is 3.39. The zero-order chi connectivity index (χ0) is 16.2. The van der Waals surface area contributed by atoms with Crippen LogP contribution < -0.4 is 5.32 Å². The zero-order valence-corrected chi connectivity index (χ0v) is 12.2. The van der Waals surface area contributed by atoms with Crippen LogP contribution in [0.4, 0.5) is 13.2 Å². The van der Waals surface area contributed by atoms with E-state index in [0.717, 1.165) is 37.8 Å². The molecule has 1 N–H and O–H groups in total. The van der Waals surface area contributed by atoms with Gasteiger partial charge in [0, 0.05) is 6.42 Å². The SMILES string of the molecule is CCCCCC1NC(=O)C(=Cc2ccc(C(F)(F)F)cc2)O1. The van der Waals surface area contributed by atoms with Gasteiger partial charge in [-0.2, -0.15) is 13.2 Å². The van der Waals surface area contributed by atoms with Gasteiger partial charge in [0.1, 0.15) is 0 Å². The van der Waals surface area contributed by atoms with Gasteiger partial charge in [0.25, 0.3) is 5.91 Å². The molecule has 3 nitrogen and oxygen atoms in total. The summed E-state index contributed by atoms with van der Waals surface area (Å²) in [5.74, 6) is -0.192. The van der Waals surface area contributed by atoms with Gasteiger partial charge in [-0.05, 0) is 30.2 Å². The molecule has 1 heterocycles. The first-order valence-corrected chi connectivity index (χ1v) is 7.26. The lowest BCUT2D eigenvalue weighted by atomic mass is 10.1. The summed E-state index contributed by atoms with van der Waals surface area (Å²) in [5, 5.41) is 2.71. The number of ether oxygens (including phenoxy) is 1. The fourth-order valence-corrected chi connectivity index (χ4v) is 2.18. The van der Waals surface area contributed by atoms with E-state index in [9.17, 15) is 18.0 Å². The van der Waals surface area contributed by atoms with E-state index in [1.807, 2.05) is 0 Å². The first kappa shape index (κ1) is 16.4. The highest BCUT2D eigenvalue weighted by Gasteiger charge is 2.30. The fourth-order valence-electron chi connectivity index (χ4n) is 2.18. The van der Waals surface area contributed by atoms with Crippen LogP contribution in [0.2, 0.25) is 0 Å². The molecule has 1 aliphatic heterocycles. The number of carbonyl (C=O) groups is 1. The predicted molar refractivity (Wildman–Crippen MR) is 76.6 cm³/mol. The van der Waals surface area contributed by atoms with Crippen molar-refractivity contribution in [3.8, 4) is 0 Å². The highest BCUT2D eigenvalue weighted by molar-refractivity contribution is 5.97. The molecule has 0 saturated carbocycles. The molecule has 1 aliphatic rings. The monoisotopic (exact) mass is 313 g/mol. The molecule has 0 radical (unpaired) electrons. The number of amides is 1. The largest absolute Gasteiger partial charge is 0.465 e. The van der Waals surface area contributed by atoms with E-state index >= 15 is 0 Å². The van der Waals surface area contributed by atoms with Crippen molar-refractivity contribution in [1.82, 2.24) is 5.32 Å². The van der Waals surface area contributed by atoms with Crippen LogP contribution in [0.15, 0.2) is 30.0 Å². The highest BCUT2D eigenvalue weighted by Crippen LogP contribution is 2.29. The number of nitrogens with one attached hydrogen (secondary N) is 1. The number of carbonyl (C=O) groups excluding carboxylic acids is 1. The zero-order valence-electron chi connectivity index (χ0n) is 12.2. The normalized spacial score (nSPS) is 20.1. The summed E-state index contributed by atoms with van der Waals surface area (Å²) < 4.78 is 42.9. The van der Waals surface area contributed by atoms with Crippen LogP contribution in [0.1, 0.15) is 43.7 Å². The van der Waals surface area contributed by atoms with Crippen molar-refractivity contribution in [2.75, 3.05) is 0 Å². The van der Waals surface area contributed by atoms with Crippen LogP contribution in [0, 0.1) is 0 Å². The fraction of sp³-hybridized carbons (Fsp3) is 0.438. The van der Waals surface area contributed by atoms with Crippen molar-refractivity contribution in [2.45, 2.75) is 45.0 Å². The van der Waals surface area contributed by atoms with Crippen molar-refractivity contribution in [2.24, 2.45) is 0 Å². The van der Waals surface area contributed by atoms with Gasteiger partial charge in [0.2, 0.25) is 0 Å². The molecular weight excluding hydrogens is 295 g/mol. The number of hydrogen-bond acceptors (Lipinski definition) is 2. The average molecular weight is 313 g/mol. The third kappa shape index (κ3) is 4.26. The van der Waals surface area contributed by atoms with Crippen LogP contribution in [0.25, 0.3) is 6.08 Å². The van der Waals surface area contributed by atoms with Crippen LogP contribution in [0.3, 0.4) is 0 Å². The van der Waals surface area contributed by atoms with E-state index in [1.165, 1.54) is 18.2 Å². The topological polar surface area (TPSA) is 38.3 Å². The minimum atomic E-state index is -4.36. The molecule has 120 valence electrons. The molecule has 2 rings (SSSR count). The summed E-state index contributed by atoms with van der Waals surface area (Å²) in [6.45, 7) is 2.09. The summed E-state index contributed by atoms with van der Waals surface area (Å²) in [6, 6.07) is 4.60. The quantitative estimate of drug-likeness (QED) is 0.656. The van der Waals surface area contributed by atoms with E-state index in [1.54, 1.807) is 0 Å². The Morgan fingerprint density at radius 2 is 1.91 bits per heavy atom. The van der Waals surface area contributed by atoms with E-state index in [4.69, 9.17) is 4.74 Å². The Labute approximate surface area is 127 Å². The summed E-state index contributed by atoms with van der Waals surface area (Å²) in [5.41, 5.74) is -0.226. The first-order chi connectivity index (χ1) is 10.4. The van der Waals surface area contributed by atoms with Gasteiger partial charge in [0.05, 0.1) is 5.56 Å². The van der Waals surface area contributed by atoms with Crippen molar-refractivity contribution in [3.63, 3.8) is 0 Å². The second kappa shape index (κ2) is 6.85. The summed E-state index contributed by atoms with van der Waals surface area (Å²) in [4.78, 5) is 11.8. The van der Waals surface area contributed by atoms with Gasteiger partial charge >= 0.3 is 6.18 Å². The van der Waals surface area contributed by atoms with Crippen LogP contribution in [-0.4, -0.2) is 12.1 Å². The Morgan fingerprint density at radius 3 is 2.50 bits per heavy atom. The van der Waals surface area contributed by atoms with E-state index in [0.29, 0.717) is 5.56 Å². The Balaban J connectivity index is 2.02. The molecule has 0 spiro atoms. The standard InChI is InChI=1S/C16H18F3NO2/c1-2-3-4-5-14-20-15(21)13(22-14)10-11-6-8-12(9-7-11)16(17,18)19/h6-10,14H,2-5H2,1H3,(H,20,21). The van der Waals surface area contributed by atoms with Gasteiger partial charge in [-0.3, -0.25) is 4.79 Å². The minimum Gasteiger partial charge on any atom is -0.465 e. The first-order valence-electron chi connectivity index (χ1n) is 7.26. The number of alkyl halides is 3. The number of halogens is 3. The maximum atomic E-state index is 12.5. The molecule has 1 aromatic carbocycles. The van der Waals surface area contributed by atoms with Crippen LogP contribution >= 0.6 is 0 Å². The molecule has 0 aromatic heterocycles. The lowest BCUT2D eigenvalue weighted by Gasteiger charge is -2.09. The van der Waals surface area contributed by atoms with E-state index in [2.05, 4.69) is 12.2 Å². The number of hydrogen-bond donors (Lipinski definition) is 1. The van der Waals surface area contributed by atoms with Gasteiger partial charge in [-0.25, -0.2) is 0 Å². The van der Waals surface area contributed by atoms with Crippen LogP contribution in [-0.2, 0) is 15.7 Å². The molecule has 1 saturated heterocycles. The molecule has 22 heavy (non-hydrogen) atoms. The minimum absolute atomic E-state index is 0.140. The second-order valence-corrected chi connectivity index (χ2v) is 5.20. The number of benzene rings is 1. The second-order valence-electron chi connectivity index (χ2n) is 5.20.